The predicted molar refractivity (Wildman–Crippen MR) is 52.2 cm³/mol. The molecule has 0 amide bonds. The van der Waals surface area contributed by atoms with Gasteiger partial charge in [-0.05, 0) is 13.3 Å². The van der Waals surface area contributed by atoms with E-state index in [1.165, 1.54) is 6.08 Å². The molecule has 1 N–H and O–H groups in total. The number of aliphatic hydroxyl groups is 1. The summed E-state index contributed by atoms with van der Waals surface area (Å²) in [5.74, 6) is 0. The van der Waals surface area contributed by atoms with Crippen molar-refractivity contribution in [1.29, 1.82) is 0 Å². The Morgan fingerprint density at radius 2 is 2.17 bits per heavy atom. The second kappa shape index (κ2) is 4.26. The first-order valence-corrected chi connectivity index (χ1v) is 4.05. The number of hydrogen-bond acceptors (Lipinski definition) is 3. The second-order valence-electron chi connectivity index (χ2n) is 3.10. The second-order valence-corrected chi connectivity index (χ2v) is 3.10. The van der Waals surface area contributed by atoms with Gasteiger partial charge in [0.2, 0.25) is 0 Å². The maximum absolute atomic E-state index is 9.76. The minimum atomic E-state index is -0.987. The summed E-state index contributed by atoms with van der Waals surface area (Å²) in [5.41, 5.74) is -0.263. The van der Waals surface area contributed by atoms with Gasteiger partial charge < -0.3 is 10.1 Å². The van der Waals surface area contributed by atoms with Gasteiger partial charge in [0, 0.05) is 14.1 Å². The summed E-state index contributed by atoms with van der Waals surface area (Å²) in [4.78, 5) is 0. The van der Waals surface area contributed by atoms with Gasteiger partial charge in [0.25, 0.3) is 0 Å². The van der Waals surface area contributed by atoms with Crippen LogP contribution < -0.4 is 0 Å². The molecular weight excluding hydrogens is 152 g/mol. The van der Waals surface area contributed by atoms with E-state index in [0.717, 1.165) is 12.1 Å². The minimum absolute atomic E-state index is 0.719. The first-order chi connectivity index (χ1) is 5.44. The van der Waals surface area contributed by atoms with Gasteiger partial charge in [-0.15, -0.1) is 0 Å². The molecule has 0 aliphatic heterocycles. The number of nitrogens with zero attached hydrogens (tertiary/aromatic N) is 2. The zero-order valence-corrected chi connectivity index (χ0v) is 8.33. The minimum Gasteiger partial charge on any atom is -0.380 e. The molecule has 0 aliphatic carbocycles. The Morgan fingerprint density at radius 1 is 1.67 bits per heavy atom. The molecule has 0 radical (unpaired) electrons. The predicted octanol–water partition coefficient (Wildman–Crippen LogP) is 1.25. The molecule has 0 heterocycles. The molecule has 0 saturated carbocycles. The highest BCUT2D eigenvalue weighted by molar-refractivity contribution is 5.93. The number of hydrazone groups is 1. The molecule has 0 aromatic heterocycles. The van der Waals surface area contributed by atoms with Crippen molar-refractivity contribution in [2.75, 3.05) is 14.1 Å². The van der Waals surface area contributed by atoms with Gasteiger partial charge in [-0.1, -0.05) is 19.6 Å². The Balaban J connectivity index is 4.66. The van der Waals surface area contributed by atoms with Gasteiger partial charge in [0.1, 0.15) is 5.60 Å². The lowest BCUT2D eigenvalue weighted by atomic mass is 9.98. The Labute approximate surface area is 74.4 Å². The van der Waals surface area contributed by atoms with E-state index >= 15 is 0 Å². The molecule has 70 valence electrons. The van der Waals surface area contributed by atoms with Crippen LogP contribution in [-0.4, -0.2) is 35.5 Å². The van der Waals surface area contributed by atoms with Crippen LogP contribution in [0.3, 0.4) is 0 Å². The van der Waals surface area contributed by atoms with Crippen molar-refractivity contribution >= 4 is 5.71 Å². The Kier molecular flexibility index (Phi) is 3.96. The van der Waals surface area contributed by atoms with Crippen LogP contribution in [0.2, 0.25) is 0 Å². The molecule has 3 heteroatoms. The van der Waals surface area contributed by atoms with Crippen LogP contribution in [0.15, 0.2) is 17.8 Å². The summed E-state index contributed by atoms with van der Waals surface area (Å²) in [7, 11) is 3.66. The average molecular weight is 170 g/mol. The molecule has 0 saturated heterocycles. The SMILES string of the molecule is C=CC(C)(O)C(CC)=NN(C)C. The Bertz CT molecular complexity index is 183. The molecular formula is C9H18N2O. The van der Waals surface area contributed by atoms with Crippen LogP contribution in [0.4, 0.5) is 0 Å². The van der Waals surface area contributed by atoms with E-state index in [-0.39, 0.29) is 0 Å². The average Bonchev–Trinajstić information content (AvgIpc) is 1.99. The van der Waals surface area contributed by atoms with Gasteiger partial charge in [0.15, 0.2) is 0 Å². The van der Waals surface area contributed by atoms with Gasteiger partial charge in [-0.3, -0.25) is 0 Å². The molecule has 12 heavy (non-hydrogen) atoms. The monoisotopic (exact) mass is 170 g/mol. The summed E-state index contributed by atoms with van der Waals surface area (Å²) in [6, 6.07) is 0. The smallest absolute Gasteiger partial charge is 0.119 e. The molecule has 3 nitrogen and oxygen atoms in total. The maximum atomic E-state index is 9.76. The van der Waals surface area contributed by atoms with Gasteiger partial charge in [0.05, 0.1) is 5.71 Å². The maximum Gasteiger partial charge on any atom is 0.119 e. The fraction of sp³-hybridized carbons (Fsp3) is 0.667. The molecule has 0 aromatic carbocycles. The highest BCUT2D eigenvalue weighted by atomic mass is 16.3. The van der Waals surface area contributed by atoms with E-state index in [1.807, 2.05) is 21.0 Å². The van der Waals surface area contributed by atoms with Gasteiger partial charge in [-0.2, -0.15) is 5.10 Å². The lowest BCUT2D eigenvalue weighted by Crippen LogP contribution is -2.33. The van der Waals surface area contributed by atoms with Crippen molar-refractivity contribution in [3.8, 4) is 0 Å². The molecule has 0 fully saturated rings. The zero-order chi connectivity index (χ0) is 9.78. The summed E-state index contributed by atoms with van der Waals surface area (Å²) >= 11 is 0. The van der Waals surface area contributed by atoms with E-state index in [0.29, 0.717) is 0 Å². The molecule has 1 atom stereocenters. The van der Waals surface area contributed by atoms with Crippen molar-refractivity contribution in [1.82, 2.24) is 5.01 Å². The zero-order valence-electron chi connectivity index (χ0n) is 8.33. The highest BCUT2D eigenvalue weighted by Gasteiger charge is 2.22. The largest absolute Gasteiger partial charge is 0.380 e. The van der Waals surface area contributed by atoms with E-state index in [4.69, 9.17) is 0 Å². The van der Waals surface area contributed by atoms with Crippen molar-refractivity contribution in [3.63, 3.8) is 0 Å². The summed E-state index contributed by atoms with van der Waals surface area (Å²) in [5, 5.41) is 15.6. The van der Waals surface area contributed by atoms with Crippen LogP contribution in [-0.2, 0) is 0 Å². The Morgan fingerprint density at radius 3 is 2.42 bits per heavy atom. The first-order valence-electron chi connectivity index (χ1n) is 4.05. The molecule has 0 bridgehead atoms. The normalized spacial score (nSPS) is 16.9. The summed E-state index contributed by atoms with van der Waals surface area (Å²) in [6.45, 7) is 7.20. The van der Waals surface area contributed by atoms with E-state index in [9.17, 15) is 5.11 Å². The number of hydrogen-bond donors (Lipinski definition) is 1. The van der Waals surface area contributed by atoms with Crippen LogP contribution in [0, 0.1) is 0 Å². The molecule has 0 aromatic rings. The van der Waals surface area contributed by atoms with E-state index < -0.39 is 5.60 Å². The Hall–Kier alpha value is -0.830. The van der Waals surface area contributed by atoms with Crippen LogP contribution in [0.25, 0.3) is 0 Å². The summed E-state index contributed by atoms with van der Waals surface area (Å²) < 4.78 is 0. The highest BCUT2D eigenvalue weighted by Crippen LogP contribution is 2.10. The summed E-state index contributed by atoms with van der Waals surface area (Å²) in [6.07, 6.45) is 2.22. The standard InChI is InChI=1S/C9H18N2O/c1-6-8(10-11(4)5)9(3,12)7-2/h7,12H,2,6H2,1,3-5H3. The van der Waals surface area contributed by atoms with E-state index in [1.54, 1.807) is 11.9 Å². The van der Waals surface area contributed by atoms with Crippen LogP contribution in [0.5, 0.6) is 0 Å². The fourth-order valence-electron chi connectivity index (χ4n) is 0.889. The quantitative estimate of drug-likeness (QED) is 0.391. The lowest BCUT2D eigenvalue weighted by molar-refractivity contribution is 0.179. The fourth-order valence-corrected chi connectivity index (χ4v) is 0.889. The third kappa shape index (κ3) is 3.05. The van der Waals surface area contributed by atoms with Crippen LogP contribution in [0.1, 0.15) is 20.3 Å². The van der Waals surface area contributed by atoms with Crippen molar-refractivity contribution in [2.45, 2.75) is 25.9 Å². The molecule has 0 rings (SSSR count). The molecule has 1 unspecified atom stereocenters. The molecule has 0 aliphatic rings. The lowest BCUT2D eigenvalue weighted by Gasteiger charge is -2.21. The van der Waals surface area contributed by atoms with E-state index in [2.05, 4.69) is 11.7 Å². The van der Waals surface area contributed by atoms with Crippen LogP contribution >= 0.6 is 0 Å². The van der Waals surface area contributed by atoms with Crippen molar-refractivity contribution < 1.29 is 5.11 Å². The first kappa shape index (κ1) is 11.2. The molecule has 0 spiro atoms. The van der Waals surface area contributed by atoms with Crippen molar-refractivity contribution in [3.05, 3.63) is 12.7 Å². The third-order valence-electron chi connectivity index (χ3n) is 1.64. The van der Waals surface area contributed by atoms with Gasteiger partial charge >= 0.3 is 0 Å². The van der Waals surface area contributed by atoms with Gasteiger partial charge in [-0.25, -0.2) is 0 Å². The third-order valence-corrected chi connectivity index (χ3v) is 1.64. The van der Waals surface area contributed by atoms with Crippen molar-refractivity contribution in [2.24, 2.45) is 5.10 Å². The number of rotatable bonds is 4. The topological polar surface area (TPSA) is 35.8 Å².